The van der Waals surface area contributed by atoms with Crippen LogP contribution in [0.1, 0.15) is 41.5 Å². The monoisotopic (exact) mass is 376 g/mol. The first-order valence-corrected chi connectivity index (χ1v) is 9.91. The minimum Gasteiger partial charge on any atom is -0.293 e. The van der Waals surface area contributed by atoms with Crippen LogP contribution in [0.3, 0.4) is 0 Å². The highest BCUT2D eigenvalue weighted by Gasteiger charge is 2.28. The molecule has 0 saturated heterocycles. The summed E-state index contributed by atoms with van der Waals surface area (Å²) < 4.78 is 0. The lowest BCUT2D eigenvalue weighted by Gasteiger charge is -2.27. The van der Waals surface area contributed by atoms with Gasteiger partial charge in [-0.1, -0.05) is 29.8 Å². The molecule has 1 aromatic carbocycles. The highest BCUT2D eigenvalue weighted by molar-refractivity contribution is 6.30. The standard InChI is InChI=1S/C22H21ClN4/c23-18-8-6-15(7-9-18)20-3-1-2-19(25-20)14-27-11-10-21-17(13-27)12-24-22(26-21)16-4-5-16/h1-3,6-9,12,16H,4-5,10-11,13-14H2. The number of hydrogen-bond donors (Lipinski definition) is 0. The summed E-state index contributed by atoms with van der Waals surface area (Å²) in [7, 11) is 0. The van der Waals surface area contributed by atoms with Crippen LogP contribution >= 0.6 is 11.6 Å². The molecule has 5 rings (SSSR count). The van der Waals surface area contributed by atoms with Gasteiger partial charge in [0.25, 0.3) is 0 Å². The van der Waals surface area contributed by atoms with E-state index in [9.17, 15) is 0 Å². The Morgan fingerprint density at radius 2 is 1.89 bits per heavy atom. The zero-order valence-electron chi connectivity index (χ0n) is 15.1. The van der Waals surface area contributed by atoms with Crippen molar-refractivity contribution in [3.63, 3.8) is 0 Å². The number of nitrogens with zero attached hydrogens (tertiary/aromatic N) is 4. The van der Waals surface area contributed by atoms with Gasteiger partial charge in [-0.15, -0.1) is 0 Å². The van der Waals surface area contributed by atoms with E-state index in [4.69, 9.17) is 21.6 Å². The summed E-state index contributed by atoms with van der Waals surface area (Å²) in [6.45, 7) is 2.75. The first kappa shape index (κ1) is 16.8. The van der Waals surface area contributed by atoms with Gasteiger partial charge in [0.2, 0.25) is 0 Å². The number of hydrogen-bond acceptors (Lipinski definition) is 4. The van der Waals surface area contributed by atoms with Crippen LogP contribution in [-0.2, 0) is 19.5 Å². The van der Waals surface area contributed by atoms with Gasteiger partial charge in [-0.3, -0.25) is 9.88 Å². The van der Waals surface area contributed by atoms with Crippen LogP contribution in [0, 0.1) is 0 Å². The molecule has 27 heavy (non-hydrogen) atoms. The summed E-state index contributed by atoms with van der Waals surface area (Å²) in [4.78, 5) is 16.7. The molecule has 0 spiro atoms. The Balaban J connectivity index is 1.31. The lowest BCUT2D eigenvalue weighted by atomic mass is 10.1. The van der Waals surface area contributed by atoms with Crippen LogP contribution in [0.25, 0.3) is 11.3 Å². The molecule has 0 bridgehead atoms. The fraction of sp³-hybridized carbons (Fsp3) is 0.318. The summed E-state index contributed by atoms with van der Waals surface area (Å²) in [6.07, 6.45) is 5.54. The average Bonchev–Trinajstić information content (AvgIpc) is 3.54. The fourth-order valence-electron chi connectivity index (χ4n) is 3.64. The molecule has 3 aromatic rings. The second-order valence-electron chi connectivity index (χ2n) is 7.46. The highest BCUT2D eigenvalue weighted by atomic mass is 35.5. The van der Waals surface area contributed by atoms with E-state index < -0.39 is 0 Å². The van der Waals surface area contributed by atoms with Gasteiger partial charge in [0.15, 0.2) is 0 Å². The second kappa shape index (κ2) is 7.02. The molecule has 1 aliphatic heterocycles. The summed E-state index contributed by atoms with van der Waals surface area (Å²) in [5.74, 6) is 1.67. The number of benzene rings is 1. The van der Waals surface area contributed by atoms with Gasteiger partial charge in [-0.2, -0.15) is 0 Å². The van der Waals surface area contributed by atoms with E-state index in [1.807, 2.05) is 36.5 Å². The molecular formula is C22H21ClN4. The maximum absolute atomic E-state index is 5.99. The molecule has 0 radical (unpaired) electrons. The maximum Gasteiger partial charge on any atom is 0.131 e. The van der Waals surface area contributed by atoms with E-state index in [1.54, 1.807) is 0 Å². The smallest absolute Gasteiger partial charge is 0.131 e. The van der Waals surface area contributed by atoms with Gasteiger partial charge >= 0.3 is 0 Å². The molecular weight excluding hydrogens is 356 g/mol. The Morgan fingerprint density at radius 3 is 2.70 bits per heavy atom. The van der Waals surface area contributed by atoms with E-state index in [-0.39, 0.29) is 0 Å². The number of rotatable bonds is 4. The molecule has 5 heteroatoms. The Hall–Kier alpha value is -2.30. The molecule has 0 amide bonds. The Labute approximate surface area is 164 Å². The molecule has 4 nitrogen and oxygen atoms in total. The molecule has 1 aliphatic carbocycles. The van der Waals surface area contributed by atoms with Crippen molar-refractivity contribution in [2.24, 2.45) is 0 Å². The molecule has 0 unspecified atom stereocenters. The number of halogens is 1. The molecule has 136 valence electrons. The highest BCUT2D eigenvalue weighted by Crippen LogP contribution is 2.38. The van der Waals surface area contributed by atoms with Crippen molar-refractivity contribution in [1.82, 2.24) is 19.9 Å². The first-order chi connectivity index (χ1) is 13.2. The quantitative estimate of drug-likeness (QED) is 0.665. The minimum absolute atomic E-state index is 0.619. The number of pyridine rings is 1. The lowest BCUT2D eigenvalue weighted by molar-refractivity contribution is 0.240. The third-order valence-corrected chi connectivity index (χ3v) is 5.56. The number of aromatic nitrogens is 3. The zero-order valence-corrected chi connectivity index (χ0v) is 15.9. The number of fused-ring (bicyclic) bond motifs is 1. The van der Waals surface area contributed by atoms with Crippen molar-refractivity contribution in [2.45, 2.75) is 38.3 Å². The fourth-order valence-corrected chi connectivity index (χ4v) is 3.77. The van der Waals surface area contributed by atoms with E-state index in [0.29, 0.717) is 5.92 Å². The molecule has 1 saturated carbocycles. The molecule has 1 fully saturated rings. The SMILES string of the molecule is Clc1ccc(-c2cccc(CN3CCc4nc(C5CC5)ncc4C3)n2)cc1. The van der Waals surface area contributed by atoms with Gasteiger partial charge in [0, 0.05) is 60.0 Å². The van der Waals surface area contributed by atoms with Crippen LogP contribution in [0.5, 0.6) is 0 Å². The average molecular weight is 377 g/mol. The molecule has 3 heterocycles. The predicted molar refractivity (Wildman–Crippen MR) is 107 cm³/mol. The molecule has 0 atom stereocenters. The minimum atomic E-state index is 0.619. The first-order valence-electron chi connectivity index (χ1n) is 9.53. The third-order valence-electron chi connectivity index (χ3n) is 5.31. The van der Waals surface area contributed by atoms with E-state index in [0.717, 1.165) is 53.9 Å². The topological polar surface area (TPSA) is 41.9 Å². The molecule has 0 N–H and O–H groups in total. The summed E-state index contributed by atoms with van der Waals surface area (Å²) >= 11 is 5.99. The summed E-state index contributed by atoms with van der Waals surface area (Å²) in [5.41, 5.74) is 5.66. The Kier molecular flexibility index (Phi) is 4.38. The Bertz CT molecular complexity index is 966. The summed E-state index contributed by atoms with van der Waals surface area (Å²) in [5, 5.41) is 0.744. The van der Waals surface area contributed by atoms with Crippen molar-refractivity contribution in [3.05, 3.63) is 76.5 Å². The molecule has 2 aliphatic rings. The summed E-state index contributed by atoms with van der Waals surface area (Å²) in [6, 6.07) is 14.1. The van der Waals surface area contributed by atoms with Gasteiger partial charge in [0.1, 0.15) is 5.82 Å². The van der Waals surface area contributed by atoms with E-state index in [1.165, 1.54) is 24.1 Å². The maximum atomic E-state index is 5.99. The largest absolute Gasteiger partial charge is 0.293 e. The van der Waals surface area contributed by atoms with Crippen LogP contribution in [0.2, 0.25) is 5.02 Å². The third kappa shape index (κ3) is 3.73. The second-order valence-corrected chi connectivity index (χ2v) is 7.89. The zero-order chi connectivity index (χ0) is 18.2. The van der Waals surface area contributed by atoms with Crippen LogP contribution < -0.4 is 0 Å². The van der Waals surface area contributed by atoms with Crippen molar-refractivity contribution >= 4 is 11.6 Å². The normalized spacial score (nSPS) is 16.9. The van der Waals surface area contributed by atoms with Gasteiger partial charge < -0.3 is 0 Å². The molecule has 2 aromatic heterocycles. The van der Waals surface area contributed by atoms with Gasteiger partial charge in [0.05, 0.1) is 11.4 Å². The van der Waals surface area contributed by atoms with Crippen molar-refractivity contribution < 1.29 is 0 Å². The van der Waals surface area contributed by atoms with Crippen molar-refractivity contribution in [1.29, 1.82) is 0 Å². The van der Waals surface area contributed by atoms with Gasteiger partial charge in [-0.05, 0) is 37.1 Å². The van der Waals surface area contributed by atoms with Crippen LogP contribution in [-0.4, -0.2) is 26.4 Å². The predicted octanol–water partition coefficient (Wildman–Crippen LogP) is 4.63. The Morgan fingerprint density at radius 1 is 1.04 bits per heavy atom. The van der Waals surface area contributed by atoms with E-state index in [2.05, 4.69) is 22.0 Å². The van der Waals surface area contributed by atoms with E-state index >= 15 is 0 Å². The van der Waals surface area contributed by atoms with Gasteiger partial charge in [-0.25, -0.2) is 9.97 Å². The van der Waals surface area contributed by atoms with Crippen LogP contribution in [0.4, 0.5) is 0 Å². The van der Waals surface area contributed by atoms with Crippen molar-refractivity contribution in [2.75, 3.05) is 6.54 Å². The lowest BCUT2D eigenvalue weighted by Crippen LogP contribution is -2.31. The van der Waals surface area contributed by atoms with Crippen molar-refractivity contribution in [3.8, 4) is 11.3 Å². The van der Waals surface area contributed by atoms with Crippen LogP contribution in [0.15, 0.2) is 48.7 Å².